The van der Waals surface area contributed by atoms with Crippen LogP contribution in [0.25, 0.3) is 0 Å². The van der Waals surface area contributed by atoms with Gasteiger partial charge in [-0.1, -0.05) is 26.8 Å². The summed E-state index contributed by atoms with van der Waals surface area (Å²) in [5.41, 5.74) is 5.86. The first-order chi connectivity index (χ1) is 7.89. The molecule has 2 N–H and O–H groups in total. The van der Waals surface area contributed by atoms with Gasteiger partial charge in [0.15, 0.2) is 0 Å². The molecule has 0 saturated heterocycles. The Morgan fingerprint density at radius 3 is 2.76 bits per heavy atom. The van der Waals surface area contributed by atoms with Crippen molar-refractivity contribution in [3.05, 3.63) is 22.4 Å². The molecule has 0 saturated carbocycles. The number of rotatable bonds is 5. The number of hydrogen-bond acceptors (Lipinski definition) is 4. The van der Waals surface area contributed by atoms with Crippen LogP contribution in [0.2, 0.25) is 0 Å². The maximum absolute atomic E-state index is 11.5. The smallest absolute Gasteiger partial charge is 0.307 e. The zero-order valence-corrected chi connectivity index (χ0v) is 11.5. The predicted molar refractivity (Wildman–Crippen MR) is 71.0 cm³/mol. The molecule has 1 heterocycles. The third-order valence-electron chi connectivity index (χ3n) is 2.69. The van der Waals surface area contributed by atoms with Crippen LogP contribution in [0.4, 0.5) is 0 Å². The van der Waals surface area contributed by atoms with E-state index in [1.54, 1.807) is 11.3 Å². The summed E-state index contributed by atoms with van der Waals surface area (Å²) >= 11 is 1.68. The van der Waals surface area contributed by atoms with Gasteiger partial charge in [-0.3, -0.25) is 4.79 Å². The summed E-state index contributed by atoms with van der Waals surface area (Å²) in [6.07, 6.45) is 1.07. The minimum Gasteiger partial charge on any atom is -0.465 e. The van der Waals surface area contributed by atoms with Gasteiger partial charge in [-0.2, -0.15) is 0 Å². The van der Waals surface area contributed by atoms with Crippen LogP contribution in [-0.4, -0.2) is 18.6 Å². The molecule has 0 aliphatic heterocycles. The van der Waals surface area contributed by atoms with Crippen molar-refractivity contribution in [1.29, 1.82) is 0 Å². The molecule has 0 aliphatic rings. The average molecular weight is 255 g/mol. The first-order valence-corrected chi connectivity index (χ1v) is 6.71. The highest BCUT2D eigenvalue weighted by molar-refractivity contribution is 7.09. The van der Waals surface area contributed by atoms with Crippen LogP contribution < -0.4 is 5.73 Å². The number of nitrogens with two attached hydrogens (primary N) is 1. The molecule has 0 fully saturated rings. The fourth-order valence-electron chi connectivity index (χ4n) is 1.26. The van der Waals surface area contributed by atoms with Crippen LogP contribution in [0, 0.1) is 5.41 Å². The largest absolute Gasteiger partial charge is 0.465 e. The molecule has 0 radical (unpaired) electrons. The van der Waals surface area contributed by atoms with Crippen LogP contribution in [-0.2, 0) is 16.0 Å². The van der Waals surface area contributed by atoms with Gasteiger partial charge in [-0.15, -0.1) is 11.3 Å². The van der Waals surface area contributed by atoms with Crippen molar-refractivity contribution in [2.45, 2.75) is 39.7 Å². The molecule has 1 atom stereocenters. The third-order valence-corrected chi connectivity index (χ3v) is 3.63. The Bertz CT molecular complexity index is 341. The average Bonchev–Trinajstić information content (AvgIpc) is 2.69. The number of thiophene rings is 1. The Balaban J connectivity index is 2.22. The quantitative estimate of drug-likeness (QED) is 0.823. The lowest BCUT2D eigenvalue weighted by Gasteiger charge is -2.26. The molecule has 0 amide bonds. The first kappa shape index (κ1) is 14.2. The Labute approximate surface area is 107 Å². The second kappa shape index (κ2) is 6.17. The van der Waals surface area contributed by atoms with Gasteiger partial charge in [0.05, 0.1) is 13.0 Å². The van der Waals surface area contributed by atoms with Gasteiger partial charge in [0.1, 0.15) is 0 Å². The minimum atomic E-state index is -0.205. The van der Waals surface area contributed by atoms with E-state index in [-0.39, 0.29) is 23.8 Å². The van der Waals surface area contributed by atoms with Crippen molar-refractivity contribution < 1.29 is 9.53 Å². The minimum absolute atomic E-state index is 0.0627. The summed E-state index contributed by atoms with van der Waals surface area (Å²) in [7, 11) is 0. The van der Waals surface area contributed by atoms with E-state index < -0.39 is 0 Å². The number of ether oxygens (including phenoxy) is 1. The molecule has 1 aromatic heterocycles. The Hall–Kier alpha value is -0.870. The normalized spacial score (nSPS) is 13.4. The molecule has 4 heteroatoms. The SMILES string of the molecule is CC(C)(C)C(N)CC(=O)OCCc1cccs1. The molecule has 0 bridgehead atoms. The van der Waals surface area contributed by atoms with Crippen molar-refractivity contribution in [2.75, 3.05) is 6.61 Å². The van der Waals surface area contributed by atoms with Crippen molar-refractivity contribution in [3.63, 3.8) is 0 Å². The van der Waals surface area contributed by atoms with E-state index in [1.165, 1.54) is 4.88 Å². The van der Waals surface area contributed by atoms with Crippen molar-refractivity contribution in [1.82, 2.24) is 0 Å². The van der Waals surface area contributed by atoms with Crippen LogP contribution in [0.15, 0.2) is 17.5 Å². The lowest BCUT2D eigenvalue weighted by Crippen LogP contribution is -2.37. The van der Waals surface area contributed by atoms with Crippen molar-refractivity contribution >= 4 is 17.3 Å². The second-order valence-electron chi connectivity index (χ2n) is 5.23. The molecule has 0 aromatic carbocycles. The van der Waals surface area contributed by atoms with E-state index in [9.17, 15) is 4.79 Å². The van der Waals surface area contributed by atoms with Crippen LogP contribution in [0.5, 0.6) is 0 Å². The monoisotopic (exact) mass is 255 g/mol. The number of carbonyl (C=O) groups excluding carboxylic acids is 1. The zero-order valence-electron chi connectivity index (χ0n) is 10.7. The number of carbonyl (C=O) groups is 1. The fraction of sp³-hybridized carbons (Fsp3) is 0.615. The molecule has 0 aliphatic carbocycles. The number of esters is 1. The van der Waals surface area contributed by atoms with E-state index in [0.29, 0.717) is 6.61 Å². The summed E-state index contributed by atoms with van der Waals surface area (Å²) in [6.45, 7) is 6.51. The second-order valence-corrected chi connectivity index (χ2v) is 6.26. The van der Waals surface area contributed by atoms with E-state index in [1.807, 2.05) is 38.3 Å². The zero-order chi connectivity index (χ0) is 12.9. The van der Waals surface area contributed by atoms with E-state index in [4.69, 9.17) is 10.5 Å². The van der Waals surface area contributed by atoms with E-state index >= 15 is 0 Å². The Kier molecular flexibility index (Phi) is 5.15. The maximum Gasteiger partial charge on any atom is 0.307 e. The van der Waals surface area contributed by atoms with Crippen molar-refractivity contribution in [2.24, 2.45) is 11.1 Å². The molecule has 0 spiro atoms. The molecule has 96 valence electrons. The van der Waals surface area contributed by atoms with Gasteiger partial charge in [0.25, 0.3) is 0 Å². The highest BCUT2D eigenvalue weighted by Crippen LogP contribution is 2.20. The maximum atomic E-state index is 11.5. The standard InChI is InChI=1S/C13H21NO2S/c1-13(2,3)11(14)9-12(15)16-7-6-10-5-4-8-17-10/h4-5,8,11H,6-7,9,14H2,1-3H3. The molecule has 3 nitrogen and oxygen atoms in total. The fourth-order valence-corrected chi connectivity index (χ4v) is 1.96. The van der Waals surface area contributed by atoms with Crippen LogP contribution in [0.1, 0.15) is 32.1 Å². The highest BCUT2D eigenvalue weighted by atomic mass is 32.1. The topological polar surface area (TPSA) is 52.3 Å². The summed E-state index contributed by atoms with van der Waals surface area (Å²) in [6, 6.07) is 3.88. The van der Waals surface area contributed by atoms with Gasteiger partial charge in [0.2, 0.25) is 0 Å². The van der Waals surface area contributed by atoms with E-state index in [0.717, 1.165) is 6.42 Å². The summed E-state index contributed by atoms with van der Waals surface area (Å²) in [5, 5.41) is 2.02. The molecular formula is C13H21NO2S. The number of hydrogen-bond donors (Lipinski definition) is 1. The molecular weight excluding hydrogens is 234 g/mol. The molecule has 1 unspecified atom stereocenters. The summed E-state index contributed by atoms with van der Waals surface area (Å²) in [4.78, 5) is 12.8. The first-order valence-electron chi connectivity index (χ1n) is 5.83. The summed E-state index contributed by atoms with van der Waals surface area (Å²) in [5.74, 6) is -0.205. The van der Waals surface area contributed by atoms with Gasteiger partial charge in [0, 0.05) is 17.3 Å². The van der Waals surface area contributed by atoms with Crippen molar-refractivity contribution in [3.8, 4) is 0 Å². The van der Waals surface area contributed by atoms with Gasteiger partial charge in [-0.25, -0.2) is 0 Å². The highest BCUT2D eigenvalue weighted by Gasteiger charge is 2.23. The van der Waals surface area contributed by atoms with Crippen LogP contribution >= 0.6 is 11.3 Å². The Morgan fingerprint density at radius 2 is 2.24 bits per heavy atom. The van der Waals surface area contributed by atoms with Gasteiger partial charge < -0.3 is 10.5 Å². The molecule has 1 aromatic rings. The lowest BCUT2D eigenvalue weighted by molar-refractivity contribution is -0.144. The predicted octanol–water partition coefficient (Wildman–Crippen LogP) is 2.60. The molecule has 1 rings (SSSR count). The summed E-state index contributed by atoms with van der Waals surface area (Å²) < 4.78 is 5.17. The van der Waals surface area contributed by atoms with Gasteiger partial charge >= 0.3 is 5.97 Å². The molecule has 17 heavy (non-hydrogen) atoms. The Morgan fingerprint density at radius 1 is 1.53 bits per heavy atom. The van der Waals surface area contributed by atoms with E-state index in [2.05, 4.69) is 0 Å². The third kappa shape index (κ3) is 5.33. The lowest BCUT2D eigenvalue weighted by atomic mass is 9.85. The van der Waals surface area contributed by atoms with Crippen LogP contribution in [0.3, 0.4) is 0 Å². The van der Waals surface area contributed by atoms with Gasteiger partial charge in [-0.05, 0) is 16.9 Å².